The Balaban J connectivity index is 2.16. The molecule has 0 aliphatic rings. The molecule has 17 heavy (non-hydrogen) atoms. The van der Waals surface area contributed by atoms with E-state index in [-0.39, 0.29) is 18.1 Å². The molecule has 1 aromatic carbocycles. The molecule has 1 unspecified atom stereocenters. The highest BCUT2D eigenvalue weighted by atomic mass is 19.2. The van der Waals surface area contributed by atoms with E-state index in [9.17, 15) is 13.9 Å². The third-order valence-electron chi connectivity index (χ3n) is 2.20. The summed E-state index contributed by atoms with van der Waals surface area (Å²) >= 11 is 0. The van der Waals surface area contributed by atoms with Crippen LogP contribution in [0.25, 0.3) is 0 Å². The fourth-order valence-corrected chi connectivity index (χ4v) is 1.33. The van der Waals surface area contributed by atoms with Gasteiger partial charge >= 0.3 is 0 Å². The summed E-state index contributed by atoms with van der Waals surface area (Å²) in [6.07, 6.45) is -0.630. The van der Waals surface area contributed by atoms with Gasteiger partial charge in [0.15, 0.2) is 17.5 Å². The lowest BCUT2D eigenvalue weighted by molar-refractivity contribution is 0.184. The minimum absolute atomic E-state index is 0.169. The number of benzene rings is 1. The van der Waals surface area contributed by atoms with Crippen molar-refractivity contribution in [2.75, 3.05) is 0 Å². The highest BCUT2D eigenvalue weighted by Gasteiger charge is 2.12. The van der Waals surface area contributed by atoms with Gasteiger partial charge in [-0.25, -0.2) is 8.78 Å². The average molecular weight is 240 g/mol. The summed E-state index contributed by atoms with van der Waals surface area (Å²) in [5.74, 6) is -1.41. The van der Waals surface area contributed by atoms with Gasteiger partial charge in [0.1, 0.15) is 6.10 Å². The van der Waals surface area contributed by atoms with Crippen LogP contribution >= 0.6 is 0 Å². The Labute approximate surface area is 95.9 Å². The van der Waals surface area contributed by atoms with E-state index < -0.39 is 17.7 Å². The van der Waals surface area contributed by atoms with Crippen molar-refractivity contribution in [2.24, 2.45) is 0 Å². The summed E-state index contributed by atoms with van der Waals surface area (Å²) in [6, 6.07) is 3.54. The van der Waals surface area contributed by atoms with Crippen molar-refractivity contribution in [1.82, 2.24) is 10.1 Å². The molecule has 0 aliphatic carbocycles. The van der Waals surface area contributed by atoms with E-state index in [2.05, 4.69) is 10.1 Å². The van der Waals surface area contributed by atoms with Crippen LogP contribution in [-0.2, 0) is 6.42 Å². The molecule has 2 rings (SSSR count). The van der Waals surface area contributed by atoms with Gasteiger partial charge in [-0.05, 0) is 24.6 Å². The summed E-state index contributed by atoms with van der Waals surface area (Å²) in [4.78, 5) is 3.91. The van der Waals surface area contributed by atoms with E-state index in [1.54, 1.807) is 0 Å². The first-order valence-corrected chi connectivity index (χ1v) is 5.00. The van der Waals surface area contributed by atoms with Crippen molar-refractivity contribution < 1.29 is 18.4 Å². The van der Waals surface area contributed by atoms with Crippen molar-refractivity contribution in [2.45, 2.75) is 19.4 Å². The van der Waals surface area contributed by atoms with Crippen LogP contribution in [-0.4, -0.2) is 15.2 Å². The molecule has 0 bridgehead atoms. The Morgan fingerprint density at radius 2 is 2.12 bits per heavy atom. The van der Waals surface area contributed by atoms with Gasteiger partial charge in [0.05, 0.1) is 6.42 Å². The molecule has 0 saturated heterocycles. The predicted octanol–water partition coefficient (Wildman–Crippen LogP) is 1.99. The predicted molar refractivity (Wildman–Crippen MR) is 54.1 cm³/mol. The molecule has 1 aromatic heterocycles. The maximum Gasteiger partial charge on any atom is 0.231 e. The molecule has 0 amide bonds. The Bertz CT molecular complexity index is 526. The molecule has 1 heterocycles. The zero-order chi connectivity index (χ0) is 12.4. The molecule has 4 nitrogen and oxygen atoms in total. The van der Waals surface area contributed by atoms with Crippen molar-refractivity contribution in [3.63, 3.8) is 0 Å². The number of aliphatic hydroxyl groups excluding tert-OH is 1. The number of hydrogen-bond donors (Lipinski definition) is 1. The third-order valence-corrected chi connectivity index (χ3v) is 2.20. The van der Waals surface area contributed by atoms with Crippen molar-refractivity contribution in [3.05, 3.63) is 47.1 Å². The Morgan fingerprint density at radius 1 is 1.35 bits per heavy atom. The van der Waals surface area contributed by atoms with Gasteiger partial charge in [-0.3, -0.25) is 0 Å². The first-order chi connectivity index (χ1) is 8.06. The van der Waals surface area contributed by atoms with E-state index in [1.165, 1.54) is 13.0 Å². The van der Waals surface area contributed by atoms with Gasteiger partial charge in [-0.1, -0.05) is 11.2 Å². The maximum absolute atomic E-state index is 12.9. The molecule has 90 valence electrons. The number of rotatable bonds is 3. The molecule has 6 heteroatoms. The van der Waals surface area contributed by atoms with Crippen LogP contribution in [0.4, 0.5) is 8.78 Å². The van der Waals surface area contributed by atoms with Crippen LogP contribution in [0.5, 0.6) is 0 Å². The van der Waals surface area contributed by atoms with E-state index in [0.29, 0.717) is 5.56 Å². The summed E-state index contributed by atoms with van der Waals surface area (Å²) in [5.41, 5.74) is 0.518. The van der Waals surface area contributed by atoms with Crippen LogP contribution in [0.1, 0.15) is 30.3 Å². The summed E-state index contributed by atoms with van der Waals surface area (Å²) in [7, 11) is 0. The van der Waals surface area contributed by atoms with E-state index in [1.807, 2.05) is 0 Å². The van der Waals surface area contributed by atoms with Crippen LogP contribution in [0.15, 0.2) is 22.7 Å². The number of aliphatic hydroxyl groups is 1. The minimum Gasteiger partial charge on any atom is -0.385 e. The van der Waals surface area contributed by atoms with Crippen LogP contribution in [0, 0.1) is 11.6 Å². The summed E-state index contributed by atoms with van der Waals surface area (Å²) in [5, 5.41) is 12.7. The molecule has 0 aliphatic heterocycles. The minimum atomic E-state index is -0.919. The van der Waals surface area contributed by atoms with Crippen molar-refractivity contribution in [3.8, 4) is 0 Å². The summed E-state index contributed by atoms with van der Waals surface area (Å²) in [6.45, 7) is 1.51. The molecule has 0 spiro atoms. The van der Waals surface area contributed by atoms with E-state index >= 15 is 0 Å². The lowest BCUT2D eigenvalue weighted by atomic mass is 10.1. The zero-order valence-corrected chi connectivity index (χ0v) is 9.02. The van der Waals surface area contributed by atoms with E-state index in [0.717, 1.165) is 12.1 Å². The monoisotopic (exact) mass is 240 g/mol. The standard InChI is InChI=1S/C11H10F2N2O2/c1-6(16)11-14-10(17-15-11)5-7-2-3-8(12)9(13)4-7/h2-4,6,16H,5H2,1H3. The van der Waals surface area contributed by atoms with E-state index in [4.69, 9.17) is 4.52 Å². The SMILES string of the molecule is CC(O)c1noc(Cc2ccc(F)c(F)c2)n1. The second-order valence-electron chi connectivity index (χ2n) is 3.65. The Morgan fingerprint density at radius 3 is 2.71 bits per heavy atom. The van der Waals surface area contributed by atoms with Gasteiger partial charge in [-0.2, -0.15) is 4.98 Å². The first kappa shape index (κ1) is 11.7. The van der Waals surface area contributed by atoms with Gasteiger partial charge in [-0.15, -0.1) is 0 Å². The molecule has 2 aromatic rings. The average Bonchev–Trinajstić information content (AvgIpc) is 2.72. The van der Waals surface area contributed by atoms with Crippen LogP contribution in [0.2, 0.25) is 0 Å². The largest absolute Gasteiger partial charge is 0.385 e. The van der Waals surface area contributed by atoms with Crippen molar-refractivity contribution in [1.29, 1.82) is 0 Å². The molecule has 1 N–H and O–H groups in total. The quantitative estimate of drug-likeness (QED) is 0.891. The molecule has 1 atom stereocenters. The second kappa shape index (κ2) is 4.58. The topological polar surface area (TPSA) is 59.2 Å². The number of hydrogen-bond acceptors (Lipinski definition) is 4. The molecular formula is C11H10F2N2O2. The van der Waals surface area contributed by atoms with Crippen LogP contribution < -0.4 is 0 Å². The molecule has 0 saturated carbocycles. The number of aromatic nitrogens is 2. The number of nitrogens with zero attached hydrogens (tertiary/aromatic N) is 2. The normalized spacial score (nSPS) is 12.7. The Hall–Kier alpha value is -1.82. The Kier molecular flexibility index (Phi) is 3.14. The fourth-order valence-electron chi connectivity index (χ4n) is 1.33. The molecular weight excluding hydrogens is 230 g/mol. The lowest BCUT2D eigenvalue weighted by Crippen LogP contribution is -1.95. The smallest absolute Gasteiger partial charge is 0.231 e. The first-order valence-electron chi connectivity index (χ1n) is 5.00. The lowest BCUT2D eigenvalue weighted by Gasteiger charge is -1.97. The maximum atomic E-state index is 12.9. The zero-order valence-electron chi connectivity index (χ0n) is 9.02. The second-order valence-corrected chi connectivity index (χ2v) is 3.65. The van der Waals surface area contributed by atoms with Gasteiger partial charge < -0.3 is 9.63 Å². The highest BCUT2D eigenvalue weighted by Crippen LogP contribution is 2.14. The van der Waals surface area contributed by atoms with Crippen molar-refractivity contribution >= 4 is 0 Å². The fraction of sp³-hybridized carbons (Fsp3) is 0.273. The third kappa shape index (κ3) is 2.65. The number of halogens is 2. The molecule has 0 fully saturated rings. The molecule has 0 radical (unpaired) electrons. The van der Waals surface area contributed by atoms with Crippen LogP contribution in [0.3, 0.4) is 0 Å². The summed E-state index contributed by atoms with van der Waals surface area (Å²) < 4.78 is 30.5. The van der Waals surface area contributed by atoms with Gasteiger partial charge in [0, 0.05) is 0 Å². The highest BCUT2D eigenvalue weighted by molar-refractivity contribution is 5.20. The van der Waals surface area contributed by atoms with Gasteiger partial charge in [0.2, 0.25) is 5.89 Å². The van der Waals surface area contributed by atoms with Gasteiger partial charge in [0.25, 0.3) is 0 Å².